The van der Waals surface area contributed by atoms with Crippen molar-refractivity contribution in [3.63, 3.8) is 0 Å². The summed E-state index contributed by atoms with van der Waals surface area (Å²) in [6.07, 6.45) is 1.57. The Bertz CT molecular complexity index is 689. The number of anilines is 2. The quantitative estimate of drug-likeness (QED) is 0.765. The van der Waals surface area contributed by atoms with Crippen LogP contribution in [0.25, 0.3) is 0 Å². The van der Waals surface area contributed by atoms with Crippen LogP contribution in [0.2, 0.25) is 0 Å². The SMILES string of the molecule is COc1cc(NC(=O)Nc2ncc(Br)s2)ccc1C(=O)O. The normalized spacial score (nSPS) is 10.0. The zero-order chi connectivity index (χ0) is 15.4. The van der Waals surface area contributed by atoms with Gasteiger partial charge in [-0.3, -0.25) is 5.32 Å². The van der Waals surface area contributed by atoms with E-state index in [1.807, 2.05) is 0 Å². The van der Waals surface area contributed by atoms with Crippen molar-refractivity contribution in [2.75, 3.05) is 17.7 Å². The number of thiazole rings is 1. The second kappa shape index (κ2) is 6.55. The number of carboxylic acids is 1. The largest absolute Gasteiger partial charge is 0.496 e. The molecule has 2 aromatic rings. The Morgan fingerprint density at radius 2 is 2.14 bits per heavy atom. The standard InChI is InChI=1S/C12H10BrN3O4S/c1-20-8-4-6(2-3-7(8)10(17)18)15-11(19)16-12-14-5-9(13)21-12/h2-5H,1H3,(H,17,18)(H2,14,15,16,19). The summed E-state index contributed by atoms with van der Waals surface area (Å²) in [5, 5.41) is 14.5. The molecule has 0 aliphatic heterocycles. The molecular formula is C12H10BrN3O4S. The first kappa shape index (κ1) is 15.3. The fraction of sp³-hybridized carbons (Fsp3) is 0.0833. The second-order valence-corrected chi connectivity index (χ2v) is 6.18. The lowest BCUT2D eigenvalue weighted by Crippen LogP contribution is -2.19. The number of rotatable bonds is 4. The fourth-order valence-corrected chi connectivity index (χ4v) is 2.62. The number of nitrogens with one attached hydrogen (secondary N) is 2. The lowest BCUT2D eigenvalue weighted by molar-refractivity contribution is 0.0693. The van der Waals surface area contributed by atoms with Crippen LogP contribution in [0.3, 0.4) is 0 Å². The van der Waals surface area contributed by atoms with Crippen LogP contribution >= 0.6 is 27.3 Å². The van der Waals surface area contributed by atoms with E-state index in [1.165, 1.54) is 36.6 Å². The van der Waals surface area contributed by atoms with Crippen LogP contribution in [-0.2, 0) is 0 Å². The topological polar surface area (TPSA) is 101 Å². The minimum absolute atomic E-state index is 0.0207. The van der Waals surface area contributed by atoms with Crippen LogP contribution in [0.15, 0.2) is 28.2 Å². The van der Waals surface area contributed by atoms with E-state index < -0.39 is 12.0 Å². The maximum atomic E-state index is 11.8. The number of amides is 2. The number of aromatic nitrogens is 1. The number of ether oxygens (including phenoxy) is 1. The Balaban J connectivity index is 2.08. The zero-order valence-corrected chi connectivity index (χ0v) is 13.1. The van der Waals surface area contributed by atoms with Crippen molar-refractivity contribution in [1.29, 1.82) is 0 Å². The number of urea groups is 1. The van der Waals surface area contributed by atoms with Gasteiger partial charge < -0.3 is 15.2 Å². The van der Waals surface area contributed by atoms with Gasteiger partial charge >= 0.3 is 12.0 Å². The molecule has 0 saturated heterocycles. The number of carbonyl (C=O) groups excluding carboxylic acids is 1. The van der Waals surface area contributed by atoms with Gasteiger partial charge in [-0.1, -0.05) is 11.3 Å². The highest BCUT2D eigenvalue weighted by Gasteiger charge is 2.12. The number of hydrogen-bond donors (Lipinski definition) is 3. The van der Waals surface area contributed by atoms with Crippen LogP contribution < -0.4 is 15.4 Å². The third-order valence-electron chi connectivity index (χ3n) is 2.39. The molecule has 0 saturated carbocycles. The summed E-state index contributed by atoms with van der Waals surface area (Å²) in [5.41, 5.74) is 0.428. The minimum Gasteiger partial charge on any atom is -0.496 e. The summed E-state index contributed by atoms with van der Waals surface area (Å²) < 4.78 is 5.78. The first-order valence-corrected chi connectivity index (χ1v) is 7.21. The molecule has 0 atom stereocenters. The van der Waals surface area contributed by atoms with E-state index in [9.17, 15) is 9.59 Å². The highest BCUT2D eigenvalue weighted by molar-refractivity contribution is 9.11. The first-order valence-electron chi connectivity index (χ1n) is 5.60. The van der Waals surface area contributed by atoms with Crippen molar-refractivity contribution in [1.82, 2.24) is 4.98 Å². The molecule has 110 valence electrons. The van der Waals surface area contributed by atoms with Gasteiger partial charge in [0, 0.05) is 11.8 Å². The molecule has 0 radical (unpaired) electrons. The molecule has 0 bridgehead atoms. The monoisotopic (exact) mass is 371 g/mol. The van der Waals surface area contributed by atoms with Gasteiger partial charge in [-0.25, -0.2) is 14.6 Å². The molecule has 9 heteroatoms. The number of halogens is 1. The third kappa shape index (κ3) is 3.92. The van der Waals surface area contributed by atoms with Crippen molar-refractivity contribution >= 4 is 50.1 Å². The van der Waals surface area contributed by atoms with Gasteiger partial charge in [0.05, 0.1) is 17.1 Å². The highest BCUT2D eigenvalue weighted by atomic mass is 79.9. The number of nitrogens with zero attached hydrogens (tertiary/aromatic N) is 1. The summed E-state index contributed by atoms with van der Waals surface area (Å²) >= 11 is 4.51. The molecule has 2 amide bonds. The lowest BCUT2D eigenvalue weighted by atomic mass is 10.2. The Morgan fingerprint density at radius 3 is 2.71 bits per heavy atom. The molecule has 0 spiro atoms. The molecule has 7 nitrogen and oxygen atoms in total. The molecule has 1 aromatic heterocycles. The van der Waals surface area contributed by atoms with Crippen molar-refractivity contribution in [3.8, 4) is 5.75 Å². The first-order chi connectivity index (χ1) is 9.99. The van der Waals surface area contributed by atoms with Gasteiger partial charge in [-0.15, -0.1) is 0 Å². The number of carboxylic acid groups (broad SMARTS) is 1. The average Bonchev–Trinajstić information content (AvgIpc) is 2.83. The second-order valence-electron chi connectivity index (χ2n) is 3.77. The van der Waals surface area contributed by atoms with Gasteiger partial charge in [0.25, 0.3) is 0 Å². The van der Waals surface area contributed by atoms with E-state index >= 15 is 0 Å². The summed E-state index contributed by atoms with van der Waals surface area (Å²) in [5.74, 6) is -0.937. The highest BCUT2D eigenvalue weighted by Crippen LogP contribution is 2.25. The molecule has 0 fully saturated rings. The molecule has 2 rings (SSSR count). The Kier molecular flexibility index (Phi) is 4.76. The maximum absolute atomic E-state index is 11.8. The van der Waals surface area contributed by atoms with E-state index in [0.717, 1.165) is 3.79 Å². The summed E-state index contributed by atoms with van der Waals surface area (Å²) in [7, 11) is 1.36. The Labute approximate surface area is 132 Å². The number of aromatic carboxylic acids is 1. The van der Waals surface area contributed by atoms with E-state index in [4.69, 9.17) is 9.84 Å². The van der Waals surface area contributed by atoms with Crippen LogP contribution in [-0.4, -0.2) is 29.2 Å². The number of hydrogen-bond acceptors (Lipinski definition) is 5. The van der Waals surface area contributed by atoms with Crippen molar-refractivity contribution in [2.24, 2.45) is 0 Å². The van der Waals surface area contributed by atoms with Gasteiger partial charge in [-0.2, -0.15) is 0 Å². The van der Waals surface area contributed by atoms with Crippen LogP contribution in [0.1, 0.15) is 10.4 Å². The van der Waals surface area contributed by atoms with Crippen LogP contribution in [0.5, 0.6) is 5.75 Å². The van der Waals surface area contributed by atoms with Gasteiger partial charge in [0.1, 0.15) is 11.3 Å². The lowest BCUT2D eigenvalue weighted by Gasteiger charge is -2.09. The number of benzene rings is 1. The Hall–Kier alpha value is -2.13. The summed E-state index contributed by atoms with van der Waals surface area (Å²) in [6.45, 7) is 0. The minimum atomic E-state index is -1.10. The molecule has 3 N–H and O–H groups in total. The van der Waals surface area contributed by atoms with Crippen molar-refractivity contribution < 1.29 is 19.4 Å². The molecule has 0 aliphatic carbocycles. The van der Waals surface area contributed by atoms with Gasteiger partial charge in [0.2, 0.25) is 0 Å². The molecule has 21 heavy (non-hydrogen) atoms. The van der Waals surface area contributed by atoms with E-state index in [0.29, 0.717) is 10.8 Å². The molecule has 0 aliphatic rings. The maximum Gasteiger partial charge on any atom is 0.339 e. The molecule has 0 unspecified atom stereocenters. The predicted molar refractivity (Wildman–Crippen MR) is 82.4 cm³/mol. The zero-order valence-electron chi connectivity index (χ0n) is 10.7. The van der Waals surface area contributed by atoms with Crippen LogP contribution in [0.4, 0.5) is 15.6 Å². The summed E-state index contributed by atoms with van der Waals surface area (Å²) in [6, 6.07) is 3.78. The fourth-order valence-electron chi connectivity index (χ4n) is 1.52. The van der Waals surface area contributed by atoms with Gasteiger partial charge in [0.15, 0.2) is 5.13 Å². The molecule has 1 aromatic carbocycles. The number of carbonyl (C=O) groups is 2. The molecular weight excluding hydrogens is 362 g/mol. The van der Waals surface area contributed by atoms with Gasteiger partial charge in [-0.05, 0) is 28.1 Å². The van der Waals surface area contributed by atoms with E-state index in [2.05, 4.69) is 31.5 Å². The Morgan fingerprint density at radius 1 is 1.38 bits per heavy atom. The van der Waals surface area contributed by atoms with E-state index in [1.54, 1.807) is 6.20 Å². The predicted octanol–water partition coefficient (Wildman–Crippen LogP) is 3.26. The van der Waals surface area contributed by atoms with Crippen molar-refractivity contribution in [3.05, 3.63) is 33.7 Å². The number of methoxy groups -OCH3 is 1. The van der Waals surface area contributed by atoms with Crippen LogP contribution in [0, 0.1) is 0 Å². The summed E-state index contributed by atoms with van der Waals surface area (Å²) in [4.78, 5) is 26.7. The molecule has 1 heterocycles. The third-order valence-corrected chi connectivity index (χ3v) is 3.78. The van der Waals surface area contributed by atoms with E-state index in [-0.39, 0.29) is 11.3 Å². The average molecular weight is 372 g/mol. The van der Waals surface area contributed by atoms with Crippen molar-refractivity contribution in [2.45, 2.75) is 0 Å². The smallest absolute Gasteiger partial charge is 0.339 e.